The van der Waals surface area contributed by atoms with Gasteiger partial charge < -0.3 is 0 Å². The normalized spacial score (nSPS) is 14.9. The molecular formula is C14H12ClN5O2. The van der Waals surface area contributed by atoms with Crippen LogP contribution in [0.1, 0.15) is 11.3 Å². The minimum Gasteiger partial charge on any atom is -0.275 e. The lowest BCUT2D eigenvalue weighted by molar-refractivity contribution is -0.118. The highest BCUT2D eigenvalue weighted by Gasteiger charge is 2.26. The molecule has 0 saturated carbocycles. The van der Waals surface area contributed by atoms with Gasteiger partial charge >= 0.3 is 6.03 Å². The molecule has 1 saturated heterocycles. The molecule has 0 atom stereocenters. The first-order chi connectivity index (χ1) is 10.6. The SMILES string of the molecule is Cc1nn(-c2ccccc2)c(Cl)c1/C=N/N1CC(=O)NC1=O. The molecule has 1 aromatic heterocycles. The monoisotopic (exact) mass is 317 g/mol. The number of hydrogen-bond acceptors (Lipinski definition) is 4. The first-order valence-corrected chi connectivity index (χ1v) is 6.90. The van der Waals surface area contributed by atoms with Gasteiger partial charge in [0.15, 0.2) is 0 Å². The molecule has 0 spiro atoms. The van der Waals surface area contributed by atoms with E-state index < -0.39 is 6.03 Å². The van der Waals surface area contributed by atoms with Crippen molar-refractivity contribution in [3.63, 3.8) is 0 Å². The summed E-state index contributed by atoms with van der Waals surface area (Å²) in [6, 6.07) is 8.88. The van der Waals surface area contributed by atoms with E-state index in [9.17, 15) is 9.59 Å². The fourth-order valence-corrected chi connectivity index (χ4v) is 2.37. The molecule has 1 aliphatic heterocycles. The highest BCUT2D eigenvalue weighted by Crippen LogP contribution is 2.22. The molecule has 0 radical (unpaired) electrons. The summed E-state index contributed by atoms with van der Waals surface area (Å²) in [5, 5.41) is 11.9. The van der Waals surface area contributed by atoms with Gasteiger partial charge in [-0.3, -0.25) is 10.1 Å². The van der Waals surface area contributed by atoms with E-state index in [1.807, 2.05) is 30.3 Å². The van der Waals surface area contributed by atoms with Crippen molar-refractivity contribution < 1.29 is 9.59 Å². The lowest BCUT2D eigenvalue weighted by atomic mass is 10.3. The molecule has 2 heterocycles. The average Bonchev–Trinajstić information content (AvgIpc) is 2.97. The van der Waals surface area contributed by atoms with Gasteiger partial charge in [0.05, 0.1) is 23.2 Å². The summed E-state index contributed by atoms with van der Waals surface area (Å²) in [4.78, 5) is 22.5. The number of aromatic nitrogens is 2. The van der Waals surface area contributed by atoms with Gasteiger partial charge in [0, 0.05) is 0 Å². The van der Waals surface area contributed by atoms with Crippen molar-refractivity contribution in [3.8, 4) is 5.69 Å². The predicted molar refractivity (Wildman–Crippen MR) is 81.1 cm³/mol. The summed E-state index contributed by atoms with van der Waals surface area (Å²) in [5.74, 6) is -0.384. The molecule has 0 bridgehead atoms. The number of carbonyl (C=O) groups excluding carboxylic acids is 2. The summed E-state index contributed by atoms with van der Waals surface area (Å²) < 4.78 is 1.59. The molecule has 0 unspecified atom stereocenters. The summed E-state index contributed by atoms with van der Waals surface area (Å²) in [6.07, 6.45) is 1.43. The summed E-state index contributed by atoms with van der Waals surface area (Å²) >= 11 is 6.34. The predicted octanol–water partition coefficient (Wildman–Crippen LogP) is 1.72. The molecule has 22 heavy (non-hydrogen) atoms. The van der Waals surface area contributed by atoms with Gasteiger partial charge in [-0.1, -0.05) is 29.8 Å². The number of nitrogens with zero attached hydrogens (tertiary/aromatic N) is 4. The number of hydrogen-bond donors (Lipinski definition) is 1. The molecule has 1 N–H and O–H groups in total. The van der Waals surface area contributed by atoms with E-state index in [4.69, 9.17) is 11.6 Å². The van der Waals surface area contributed by atoms with E-state index in [-0.39, 0.29) is 12.5 Å². The van der Waals surface area contributed by atoms with Gasteiger partial charge in [0.1, 0.15) is 11.7 Å². The maximum atomic E-state index is 11.4. The topological polar surface area (TPSA) is 79.6 Å². The fourth-order valence-electron chi connectivity index (χ4n) is 2.05. The number of rotatable bonds is 3. The molecule has 1 fully saturated rings. The number of aryl methyl sites for hydroxylation is 1. The number of carbonyl (C=O) groups is 2. The van der Waals surface area contributed by atoms with Crippen LogP contribution in [0.2, 0.25) is 5.15 Å². The summed E-state index contributed by atoms with van der Waals surface area (Å²) in [7, 11) is 0. The molecule has 3 amide bonds. The third-order valence-electron chi connectivity index (χ3n) is 3.15. The van der Waals surface area contributed by atoms with Crippen molar-refractivity contribution >= 4 is 29.8 Å². The lowest BCUT2D eigenvalue weighted by Gasteiger charge is -2.04. The van der Waals surface area contributed by atoms with Crippen LogP contribution in [-0.4, -0.2) is 39.5 Å². The van der Waals surface area contributed by atoms with Crippen LogP contribution in [0, 0.1) is 6.92 Å². The lowest BCUT2D eigenvalue weighted by Crippen LogP contribution is -2.24. The Morgan fingerprint density at radius 1 is 1.32 bits per heavy atom. The molecule has 8 heteroatoms. The maximum Gasteiger partial charge on any atom is 0.344 e. The minimum absolute atomic E-state index is 0.0984. The Balaban J connectivity index is 1.91. The number of benzene rings is 1. The largest absolute Gasteiger partial charge is 0.344 e. The fraction of sp³-hybridized carbons (Fsp3) is 0.143. The third-order valence-corrected chi connectivity index (χ3v) is 3.51. The number of hydrazone groups is 1. The summed E-state index contributed by atoms with van der Waals surface area (Å²) in [5.41, 5.74) is 2.09. The number of para-hydroxylation sites is 1. The van der Waals surface area contributed by atoms with Gasteiger partial charge in [-0.15, -0.1) is 0 Å². The molecule has 3 rings (SSSR count). The Kier molecular flexibility index (Phi) is 3.64. The third kappa shape index (κ3) is 2.58. The second-order valence-electron chi connectivity index (χ2n) is 4.69. The number of imide groups is 1. The standard InChI is InChI=1S/C14H12ClN5O2/c1-9-11(7-16-19-8-12(21)17-14(19)22)13(15)20(18-9)10-5-3-2-4-6-10/h2-7H,8H2,1H3,(H,17,21,22)/b16-7+. The van der Waals surface area contributed by atoms with Crippen LogP contribution in [-0.2, 0) is 4.79 Å². The van der Waals surface area contributed by atoms with Crippen molar-refractivity contribution in [1.29, 1.82) is 0 Å². The second kappa shape index (κ2) is 5.61. The van der Waals surface area contributed by atoms with E-state index in [1.54, 1.807) is 11.6 Å². The van der Waals surface area contributed by atoms with E-state index in [2.05, 4.69) is 15.5 Å². The Bertz CT molecular complexity index is 769. The first kappa shape index (κ1) is 14.3. The van der Waals surface area contributed by atoms with Crippen molar-refractivity contribution in [2.75, 3.05) is 6.54 Å². The number of nitrogens with one attached hydrogen (secondary N) is 1. The molecular weight excluding hydrogens is 306 g/mol. The van der Waals surface area contributed by atoms with Gasteiger partial charge in [-0.2, -0.15) is 10.2 Å². The highest BCUT2D eigenvalue weighted by atomic mass is 35.5. The zero-order valence-electron chi connectivity index (χ0n) is 11.7. The molecule has 1 aromatic carbocycles. The molecule has 0 aliphatic carbocycles. The zero-order valence-corrected chi connectivity index (χ0v) is 12.4. The van der Waals surface area contributed by atoms with Crippen molar-refractivity contribution in [2.24, 2.45) is 5.10 Å². The van der Waals surface area contributed by atoms with Crippen LogP contribution in [0.15, 0.2) is 35.4 Å². The second-order valence-corrected chi connectivity index (χ2v) is 5.05. The zero-order chi connectivity index (χ0) is 15.7. The van der Waals surface area contributed by atoms with Crippen LogP contribution >= 0.6 is 11.6 Å². The van der Waals surface area contributed by atoms with Crippen LogP contribution in [0.3, 0.4) is 0 Å². The Labute approximate surface area is 131 Å². The number of halogens is 1. The molecule has 112 valence electrons. The minimum atomic E-state index is -0.550. The van der Waals surface area contributed by atoms with E-state index >= 15 is 0 Å². The van der Waals surface area contributed by atoms with Crippen LogP contribution in [0.5, 0.6) is 0 Å². The van der Waals surface area contributed by atoms with Crippen molar-refractivity contribution in [3.05, 3.63) is 46.7 Å². The van der Waals surface area contributed by atoms with Gasteiger partial charge in [0.2, 0.25) is 5.91 Å². The van der Waals surface area contributed by atoms with Gasteiger partial charge in [-0.25, -0.2) is 14.5 Å². The smallest absolute Gasteiger partial charge is 0.275 e. The Morgan fingerprint density at radius 2 is 2.05 bits per heavy atom. The van der Waals surface area contributed by atoms with E-state index in [1.165, 1.54) is 6.21 Å². The van der Waals surface area contributed by atoms with Crippen LogP contribution < -0.4 is 5.32 Å². The highest BCUT2D eigenvalue weighted by molar-refractivity contribution is 6.32. The maximum absolute atomic E-state index is 11.4. The Hall–Kier alpha value is -2.67. The molecule has 2 aromatic rings. The Morgan fingerprint density at radius 3 is 2.68 bits per heavy atom. The number of amides is 3. The van der Waals surface area contributed by atoms with Crippen LogP contribution in [0.25, 0.3) is 5.69 Å². The van der Waals surface area contributed by atoms with E-state index in [0.29, 0.717) is 16.4 Å². The molecule has 1 aliphatic rings. The van der Waals surface area contributed by atoms with Crippen molar-refractivity contribution in [2.45, 2.75) is 6.92 Å². The average molecular weight is 318 g/mol. The van der Waals surface area contributed by atoms with Crippen molar-refractivity contribution in [1.82, 2.24) is 20.1 Å². The number of urea groups is 1. The molecule has 7 nitrogen and oxygen atoms in total. The van der Waals surface area contributed by atoms with Gasteiger partial charge in [-0.05, 0) is 19.1 Å². The summed E-state index contributed by atoms with van der Waals surface area (Å²) in [6.45, 7) is 1.70. The van der Waals surface area contributed by atoms with E-state index in [0.717, 1.165) is 10.7 Å². The van der Waals surface area contributed by atoms with Gasteiger partial charge in [0.25, 0.3) is 0 Å². The van der Waals surface area contributed by atoms with Crippen LogP contribution in [0.4, 0.5) is 4.79 Å². The first-order valence-electron chi connectivity index (χ1n) is 6.52. The quantitative estimate of drug-likeness (QED) is 0.691.